The van der Waals surface area contributed by atoms with Gasteiger partial charge in [0, 0.05) is 23.9 Å². The summed E-state index contributed by atoms with van der Waals surface area (Å²) in [5, 5.41) is 25.0. The molecule has 2 rings (SSSR count). The van der Waals surface area contributed by atoms with Crippen molar-refractivity contribution in [2.24, 2.45) is 10.8 Å². The molecule has 0 aromatic carbocycles. The van der Waals surface area contributed by atoms with E-state index in [0.717, 1.165) is 38.5 Å². The molecule has 0 atom stereocenters. The van der Waals surface area contributed by atoms with Crippen LogP contribution in [0, 0.1) is 10.8 Å². The van der Waals surface area contributed by atoms with Crippen molar-refractivity contribution in [2.45, 2.75) is 90.6 Å². The Hall–Kier alpha value is -1.30. The largest absolute Gasteiger partial charge is 0.396 e. The summed E-state index contributed by atoms with van der Waals surface area (Å²) < 4.78 is 23.2. The Morgan fingerprint density at radius 3 is 1.28 bits per heavy atom. The fourth-order valence-electron chi connectivity index (χ4n) is 4.18. The molecule has 0 aromatic heterocycles. The number of nitrogens with one attached hydrogen (secondary N) is 2. The molecule has 0 bridgehead atoms. The van der Waals surface area contributed by atoms with E-state index in [1.165, 1.54) is 0 Å². The molecule has 10 heteroatoms. The van der Waals surface area contributed by atoms with Gasteiger partial charge in [-0.05, 0) is 39.5 Å². The molecule has 2 fully saturated rings. The van der Waals surface area contributed by atoms with Crippen molar-refractivity contribution < 1.29 is 38.7 Å². The minimum absolute atomic E-state index is 0.00269. The van der Waals surface area contributed by atoms with Gasteiger partial charge in [0.05, 0.1) is 52.5 Å². The third-order valence-electron chi connectivity index (χ3n) is 7.62. The molecule has 0 aromatic rings. The summed E-state index contributed by atoms with van der Waals surface area (Å²) in [6.07, 6.45) is 5.34. The van der Waals surface area contributed by atoms with Crippen LogP contribution in [0.15, 0.2) is 0 Å². The van der Waals surface area contributed by atoms with E-state index in [1.807, 2.05) is 13.8 Å². The van der Waals surface area contributed by atoms with Gasteiger partial charge >= 0.3 is 0 Å². The Balaban J connectivity index is 1.50. The predicted molar refractivity (Wildman–Crippen MR) is 134 cm³/mol. The van der Waals surface area contributed by atoms with E-state index >= 15 is 0 Å². The van der Waals surface area contributed by atoms with Crippen molar-refractivity contribution >= 4 is 11.8 Å². The lowest BCUT2D eigenvalue weighted by Gasteiger charge is -2.43. The number of unbranched alkanes of at least 4 members (excludes halogenated alkanes) is 3. The van der Waals surface area contributed by atoms with Gasteiger partial charge in [0.15, 0.2) is 11.6 Å². The zero-order valence-electron chi connectivity index (χ0n) is 22.7. The van der Waals surface area contributed by atoms with Crippen molar-refractivity contribution in [1.29, 1.82) is 0 Å². The molecule has 0 spiro atoms. The molecule has 36 heavy (non-hydrogen) atoms. The highest BCUT2D eigenvalue weighted by atomic mass is 16.7. The number of aliphatic hydroxyl groups is 2. The second-order valence-corrected chi connectivity index (χ2v) is 10.9. The van der Waals surface area contributed by atoms with Crippen LogP contribution in [0.25, 0.3) is 0 Å². The van der Waals surface area contributed by atoms with E-state index in [0.29, 0.717) is 39.5 Å². The Bertz CT molecular complexity index is 615. The van der Waals surface area contributed by atoms with Crippen LogP contribution in [0.4, 0.5) is 0 Å². The van der Waals surface area contributed by atoms with Gasteiger partial charge in [0.1, 0.15) is 0 Å². The fraction of sp³-hybridized carbons (Fsp3) is 0.923. The van der Waals surface area contributed by atoms with Gasteiger partial charge in [0.2, 0.25) is 11.8 Å². The third kappa shape index (κ3) is 9.22. The number of ether oxygens (including phenoxy) is 4. The number of hydrogen-bond acceptors (Lipinski definition) is 8. The van der Waals surface area contributed by atoms with Crippen molar-refractivity contribution in [1.82, 2.24) is 10.6 Å². The van der Waals surface area contributed by atoms with E-state index in [1.54, 1.807) is 13.8 Å². The maximum Gasteiger partial charge on any atom is 0.225 e. The van der Waals surface area contributed by atoms with Gasteiger partial charge in [-0.2, -0.15) is 0 Å². The van der Waals surface area contributed by atoms with Gasteiger partial charge in [-0.25, -0.2) is 0 Å². The Morgan fingerprint density at radius 1 is 0.667 bits per heavy atom. The van der Waals surface area contributed by atoms with E-state index < -0.39 is 11.6 Å². The lowest BCUT2D eigenvalue weighted by molar-refractivity contribution is -0.299. The second-order valence-electron chi connectivity index (χ2n) is 10.9. The summed E-state index contributed by atoms with van der Waals surface area (Å²) in [5.41, 5.74) is -0.764. The van der Waals surface area contributed by atoms with Crippen LogP contribution >= 0.6 is 0 Å². The van der Waals surface area contributed by atoms with Gasteiger partial charge in [0.25, 0.3) is 0 Å². The molecule has 0 radical (unpaired) electrons. The average molecular weight is 517 g/mol. The number of rotatable bonds is 15. The van der Waals surface area contributed by atoms with Gasteiger partial charge in [-0.15, -0.1) is 0 Å². The molecule has 2 amide bonds. The molecule has 2 aliphatic heterocycles. The van der Waals surface area contributed by atoms with Crippen molar-refractivity contribution in [3.05, 3.63) is 0 Å². The van der Waals surface area contributed by atoms with Crippen molar-refractivity contribution in [2.75, 3.05) is 52.7 Å². The van der Waals surface area contributed by atoms with Crippen LogP contribution in [-0.2, 0) is 28.5 Å². The van der Waals surface area contributed by atoms with E-state index in [9.17, 15) is 19.8 Å². The number of carbonyl (C=O) groups excluding carboxylic acids is 2. The number of amides is 2. The summed E-state index contributed by atoms with van der Waals surface area (Å²) in [4.78, 5) is 24.6. The molecule has 2 heterocycles. The molecule has 0 unspecified atom stereocenters. The van der Waals surface area contributed by atoms with Crippen LogP contribution in [0.5, 0.6) is 0 Å². The molecule has 10 nitrogen and oxygen atoms in total. The summed E-state index contributed by atoms with van der Waals surface area (Å²) >= 11 is 0. The zero-order valence-corrected chi connectivity index (χ0v) is 22.7. The molecule has 0 aliphatic carbocycles. The maximum absolute atomic E-state index is 12.3. The first-order valence-electron chi connectivity index (χ1n) is 13.4. The summed E-state index contributed by atoms with van der Waals surface area (Å²) in [6.45, 7) is 10.2. The Kier molecular flexibility index (Phi) is 12.0. The third-order valence-corrected chi connectivity index (χ3v) is 7.62. The average Bonchev–Trinajstić information content (AvgIpc) is 2.87. The molecular weight excluding hydrogens is 468 g/mol. The second kappa shape index (κ2) is 14.0. The Morgan fingerprint density at radius 2 is 1.00 bits per heavy atom. The monoisotopic (exact) mass is 516 g/mol. The standard InChI is InChI=1S/C26H48N2O8/c1-5-25(15-29)17-33-23(3,34-18-25)13-21(31)27-11-9-7-8-10-12-28-22(32)14-24(4)35-19-26(6-2,16-30)20-36-24/h29-30H,5-20H2,1-4H3,(H,27,31)(H,28,32). The van der Waals surface area contributed by atoms with Gasteiger partial charge < -0.3 is 39.8 Å². The van der Waals surface area contributed by atoms with E-state index in [-0.39, 0.29) is 48.7 Å². The number of hydrogen-bond donors (Lipinski definition) is 4. The lowest BCUT2D eigenvalue weighted by atomic mass is 9.87. The minimum atomic E-state index is -0.959. The highest BCUT2D eigenvalue weighted by Gasteiger charge is 2.43. The maximum atomic E-state index is 12.3. The van der Waals surface area contributed by atoms with Crippen LogP contribution in [-0.4, -0.2) is 86.3 Å². The topological polar surface area (TPSA) is 136 Å². The fourth-order valence-corrected chi connectivity index (χ4v) is 4.18. The highest BCUT2D eigenvalue weighted by Crippen LogP contribution is 2.35. The summed E-state index contributed by atoms with van der Waals surface area (Å²) in [5.74, 6) is -2.15. The SMILES string of the molecule is CCC1(CO)COC(C)(CC(=O)NCCCCCCNC(=O)CC2(C)OCC(CC)(CO)CO2)OC1. The van der Waals surface area contributed by atoms with Crippen LogP contribution < -0.4 is 10.6 Å². The van der Waals surface area contributed by atoms with Crippen LogP contribution in [0.3, 0.4) is 0 Å². The first-order valence-corrected chi connectivity index (χ1v) is 13.4. The summed E-state index contributed by atoms with van der Waals surface area (Å²) in [7, 11) is 0. The first kappa shape index (κ1) is 30.9. The highest BCUT2D eigenvalue weighted by molar-refractivity contribution is 5.77. The lowest BCUT2D eigenvalue weighted by Crippen LogP contribution is -2.51. The van der Waals surface area contributed by atoms with Crippen molar-refractivity contribution in [3.8, 4) is 0 Å². The Labute approximate surface area is 215 Å². The molecular formula is C26H48N2O8. The molecule has 4 N–H and O–H groups in total. The molecule has 210 valence electrons. The molecule has 0 saturated carbocycles. The summed E-state index contributed by atoms with van der Waals surface area (Å²) in [6, 6.07) is 0. The van der Waals surface area contributed by atoms with Crippen LogP contribution in [0.1, 0.15) is 79.1 Å². The smallest absolute Gasteiger partial charge is 0.225 e. The normalized spacial score (nSPS) is 32.7. The molecule has 2 aliphatic rings. The van der Waals surface area contributed by atoms with Crippen molar-refractivity contribution in [3.63, 3.8) is 0 Å². The number of aliphatic hydroxyl groups excluding tert-OH is 2. The van der Waals surface area contributed by atoms with E-state index in [4.69, 9.17) is 18.9 Å². The minimum Gasteiger partial charge on any atom is -0.396 e. The predicted octanol–water partition coefficient (Wildman–Crippen LogP) is 1.86. The van der Waals surface area contributed by atoms with E-state index in [2.05, 4.69) is 10.6 Å². The van der Waals surface area contributed by atoms with Crippen LogP contribution in [0.2, 0.25) is 0 Å². The van der Waals surface area contributed by atoms with Gasteiger partial charge in [-0.1, -0.05) is 26.7 Å². The zero-order chi connectivity index (χ0) is 26.7. The quantitative estimate of drug-likeness (QED) is 0.242. The van der Waals surface area contributed by atoms with Gasteiger partial charge in [-0.3, -0.25) is 9.59 Å². The first-order chi connectivity index (χ1) is 17.1. The number of carbonyl (C=O) groups is 2. The molecule has 2 saturated heterocycles.